The molecular weight excluding hydrogens is 224 g/mol. The summed E-state index contributed by atoms with van der Waals surface area (Å²) >= 11 is 0. The number of nitrogens with zero attached hydrogens (tertiary/aromatic N) is 1. The molecule has 1 N–H and O–H groups in total. The van der Waals surface area contributed by atoms with Crippen molar-refractivity contribution in [3.63, 3.8) is 0 Å². The van der Waals surface area contributed by atoms with Crippen LogP contribution in [0, 0.1) is 5.92 Å². The zero-order chi connectivity index (χ0) is 13.0. The van der Waals surface area contributed by atoms with Crippen LogP contribution in [0.25, 0.3) is 0 Å². The van der Waals surface area contributed by atoms with Gasteiger partial charge in [0.25, 0.3) is 0 Å². The van der Waals surface area contributed by atoms with Crippen LogP contribution >= 0.6 is 0 Å². The lowest BCUT2D eigenvalue weighted by Crippen LogP contribution is -2.38. The minimum Gasteiger partial charge on any atom is -0.311 e. The van der Waals surface area contributed by atoms with E-state index in [1.54, 1.807) is 0 Å². The molecule has 98 valence electrons. The first-order valence-electron chi connectivity index (χ1n) is 6.87. The van der Waals surface area contributed by atoms with Crippen LogP contribution in [0.2, 0.25) is 0 Å². The molecule has 1 amide bonds. The fourth-order valence-corrected chi connectivity index (χ4v) is 2.55. The van der Waals surface area contributed by atoms with Gasteiger partial charge in [0.15, 0.2) is 0 Å². The van der Waals surface area contributed by atoms with E-state index in [-0.39, 0.29) is 11.8 Å². The van der Waals surface area contributed by atoms with E-state index in [9.17, 15) is 4.79 Å². The molecule has 0 fully saturated rings. The summed E-state index contributed by atoms with van der Waals surface area (Å²) in [7, 11) is 0. The summed E-state index contributed by atoms with van der Waals surface area (Å²) in [6, 6.07) is 8.20. The Bertz CT molecular complexity index is 413. The smallest absolute Gasteiger partial charge is 0.230 e. The Morgan fingerprint density at radius 2 is 2.06 bits per heavy atom. The number of hydrogen-bond donors (Lipinski definition) is 1. The van der Waals surface area contributed by atoms with Gasteiger partial charge in [0.2, 0.25) is 5.91 Å². The first kappa shape index (κ1) is 13.1. The van der Waals surface area contributed by atoms with Crippen molar-refractivity contribution >= 4 is 11.6 Å². The van der Waals surface area contributed by atoms with Crippen LogP contribution < -0.4 is 10.2 Å². The predicted molar refractivity (Wildman–Crippen MR) is 74.6 cm³/mol. The standard InChI is InChI=1S/C15H22N2O/c1-3-12(4-2)15(18)17-10-9-16-11-13-7-5-6-8-14(13)17/h5-8,12,16H,3-4,9-11H2,1-2H3. The molecule has 1 heterocycles. The van der Waals surface area contributed by atoms with Crippen molar-refractivity contribution in [2.75, 3.05) is 18.0 Å². The maximum absolute atomic E-state index is 12.6. The first-order chi connectivity index (χ1) is 8.77. The molecule has 0 bridgehead atoms. The SMILES string of the molecule is CCC(CC)C(=O)N1CCNCc2ccccc21. The maximum Gasteiger partial charge on any atom is 0.230 e. The molecule has 0 saturated heterocycles. The third-order valence-corrected chi connectivity index (χ3v) is 3.71. The molecule has 1 aromatic rings. The molecule has 1 aliphatic heterocycles. The zero-order valence-electron chi connectivity index (χ0n) is 11.3. The minimum atomic E-state index is 0.149. The van der Waals surface area contributed by atoms with Crippen LogP contribution in [0.3, 0.4) is 0 Å². The van der Waals surface area contributed by atoms with Crippen molar-refractivity contribution in [1.82, 2.24) is 5.32 Å². The molecule has 1 aliphatic rings. The summed E-state index contributed by atoms with van der Waals surface area (Å²) in [5, 5.41) is 3.37. The number of carbonyl (C=O) groups is 1. The highest BCUT2D eigenvalue weighted by Gasteiger charge is 2.25. The Morgan fingerprint density at radius 1 is 1.33 bits per heavy atom. The number of anilines is 1. The quantitative estimate of drug-likeness (QED) is 0.889. The van der Waals surface area contributed by atoms with Crippen molar-refractivity contribution in [3.05, 3.63) is 29.8 Å². The van der Waals surface area contributed by atoms with Gasteiger partial charge in [-0.25, -0.2) is 0 Å². The molecule has 3 nitrogen and oxygen atoms in total. The van der Waals surface area contributed by atoms with Crippen molar-refractivity contribution in [1.29, 1.82) is 0 Å². The largest absolute Gasteiger partial charge is 0.311 e. The molecule has 0 aliphatic carbocycles. The van der Waals surface area contributed by atoms with Gasteiger partial charge in [0.1, 0.15) is 0 Å². The third kappa shape index (κ3) is 2.56. The lowest BCUT2D eigenvalue weighted by atomic mass is 10.0. The molecule has 0 atom stereocenters. The average Bonchev–Trinajstić information content (AvgIpc) is 2.62. The van der Waals surface area contributed by atoms with E-state index in [0.717, 1.165) is 38.2 Å². The van der Waals surface area contributed by atoms with Crippen molar-refractivity contribution in [2.24, 2.45) is 5.92 Å². The molecule has 0 spiro atoms. The van der Waals surface area contributed by atoms with E-state index < -0.39 is 0 Å². The Hall–Kier alpha value is -1.35. The molecule has 0 saturated carbocycles. The van der Waals surface area contributed by atoms with Gasteiger partial charge in [-0.3, -0.25) is 4.79 Å². The Morgan fingerprint density at radius 3 is 2.78 bits per heavy atom. The van der Waals surface area contributed by atoms with E-state index in [4.69, 9.17) is 0 Å². The highest BCUT2D eigenvalue weighted by atomic mass is 16.2. The van der Waals surface area contributed by atoms with Crippen LogP contribution in [-0.2, 0) is 11.3 Å². The van der Waals surface area contributed by atoms with Crippen LogP contribution in [0.15, 0.2) is 24.3 Å². The fraction of sp³-hybridized carbons (Fsp3) is 0.533. The van der Waals surface area contributed by atoms with Crippen LogP contribution in [0.4, 0.5) is 5.69 Å². The molecule has 2 rings (SSSR count). The highest BCUT2D eigenvalue weighted by molar-refractivity contribution is 5.95. The molecule has 0 unspecified atom stereocenters. The topological polar surface area (TPSA) is 32.3 Å². The van der Waals surface area contributed by atoms with Gasteiger partial charge in [0.05, 0.1) is 0 Å². The van der Waals surface area contributed by atoms with Crippen LogP contribution in [0.5, 0.6) is 0 Å². The number of carbonyl (C=O) groups excluding carboxylic acids is 1. The number of nitrogens with one attached hydrogen (secondary N) is 1. The van der Waals surface area contributed by atoms with Gasteiger partial charge in [0, 0.05) is 31.2 Å². The maximum atomic E-state index is 12.6. The second-order valence-corrected chi connectivity index (χ2v) is 4.81. The molecular formula is C15H22N2O. The van der Waals surface area contributed by atoms with E-state index >= 15 is 0 Å². The number of hydrogen-bond acceptors (Lipinski definition) is 2. The second kappa shape index (κ2) is 6.01. The lowest BCUT2D eigenvalue weighted by molar-refractivity contribution is -0.122. The third-order valence-electron chi connectivity index (χ3n) is 3.71. The first-order valence-corrected chi connectivity index (χ1v) is 6.87. The summed E-state index contributed by atoms with van der Waals surface area (Å²) in [6.45, 7) is 6.66. The number of para-hydroxylation sites is 1. The molecule has 1 aromatic carbocycles. The van der Waals surface area contributed by atoms with E-state index in [1.165, 1.54) is 5.56 Å². The second-order valence-electron chi connectivity index (χ2n) is 4.81. The zero-order valence-corrected chi connectivity index (χ0v) is 11.3. The highest BCUT2D eigenvalue weighted by Crippen LogP contribution is 2.25. The summed E-state index contributed by atoms with van der Waals surface area (Å²) < 4.78 is 0. The van der Waals surface area contributed by atoms with E-state index in [2.05, 4.69) is 31.3 Å². The van der Waals surface area contributed by atoms with Gasteiger partial charge in [-0.2, -0.15) is 0 Å². The molecule has 0 radical (unpaired) electrons. The number of rotatable bonds is 3. The minimum absolute atomic E-state index is 0.149. The fourth-order valence-electron chi connectivity index (χ4n) is 2.55. The average molecular weight is 246 g/mol. The number of amides is 1. The number of benzene rings is 1. The van der Waals surface area contributed by atoms with Gasteiger partial charge < -0.3 is 10.2 Å². The van der Waals surface area contributed by atoms with Crippen molar-refractivity contribution in [3.8, 4) is 0 Å². The summed E-state index contributed by atoms with van der Waals surface area (Å²) in [5.41, 5.74) is 2.30. The van der Waals surface area contributed by atoms with Gasteiger partial charge >= 0.3 is 0 Å². The lowest BCUT2D eigenvalue weighted by Gasteiger charge is -2.26. The van der Waals surface area contributed by atoms with Crippen molar-refractivity contribution in [2.45, 2.75) is 33.2 Å². The van der Waals surface area contributed by atoms with Gasteiger partial charge in [-0.05, 0) is 24.5 Å². The molecule has 18 heavy (non-hydrogen) atoms. The normalized spacial score (nSPS) is 15.4. The Kier molecular flexibility index (Phi) is 4.37. The monoisotopic (exact) mass is 246 g/mol. The summed E-state index contributed by atoms with van der Waals surface area (Å²) in [4.78, 5) is 14.5. The molecule has 3 heteroatoms. The number of fused-ring (bicyclic) bond motifs is 1. The van der Waals surface area contributed by atoms with Gasteiger partial charge in [-0.15, -0.1) is 0 Å². The van der Waals surface area contributed by atoms with E-state index in [0.29, 0.717) is 0 Å². The van der Waals surface area contributed by atoms with E-state index in [1.807, 2.05) is 17.0 Å². The predicted octanol–water partition coefficient (Wildman–Crippen LogP) is 2.56. The van der Waals surface area contributed by atoms with Gasteiger partial charge in [-0.1, -0.05) is 32.0 Å². The summed E-state index contributed by atoms with van der Waals surface area (Å²) in [6.07, 6.45) is 1.84. The summed E-state index contributed by atoms with van der Waals surface area (Å²) in [5.74, 6) is 0.423. The van der Waals surface area contributed by atoms with Crippen molar-refractivity contribution < 1.29 is 4.79 Å². The molecule has 0 aromatic heterocycles. The van der Waals surface area contributed by atoms with Crippen LogP contribution in [0.1, 0.15) is 32.3 Å². The van der Waals surface area contributed by atoms with Crippen LogP contribution in [-0.4, -0.2) is 19.0 Å². The Labute approximate surface area is 109 Å². The Balaban J connectivity index is 2.30.